The standard InChI is InChI=1S/C3H3N5O2S.CH4O3S/c4-6-7-11(9,10)8-2-1-5-3-8;1-5(2,3)4/h1-3H;1H3,(H,2,3,4). The third kappa shape index (κ3) is 6.78. The molecule has 0 aliphatic heterocycles. The van der Waals surface area contributed by atoms with Crippen molar-refractivity contribution < 1.29 is 21.4 Å². The zero-order valence-electron chi connectivity index (χ0n) is 7.86. The van der Waals surface area contributed by atoms with Crippen LogP contribution in [0.5, 0.6) is 0 Å². The van der Waals surface area contributed by atoms with Gasteiger partial charge in [-0.15, -0.1) is 0 Å². The molecule has 1 N–H and O–H groups in total. The molecule has 0 saturated heterocycles. The highest BCUT2D eigenvalue weighted by molar-refractivity contribution is 7.88. The Kier molecular flexibility index (Phi) is 4.91. The van der Waals surface area contributed by atoms with Crippen LogP contribution in [-0.2, 0) is 20.3 Å². The molecule has 0 aliphatic rings. The molecule has 0 spiro atoms. The lowest BCUT2D eigenvalue weighted by Crippen LogP contribution is -2.05. The van der Waals surface area contributed by atoms with Crippen molar-refractivity contribution in [1.82, 2.24) is 8.96 Å². The van der Waals surface area contributed by atoms with Gasteiger partial charge in [-0.1, -0.05) is 0 Å². The fraction of sp³-hybridized carbons (Fsp3) is 0.250. The molecule has 1 rings (SSSR count). The molecule has 1 aromatic heterocycles. The van der Waals surface area contributed by atoms with Crippen LogP contribution in [0.25, 0.3) is 10.4 Å². The van der Waals surface area contributed by atoms with E-state index in [-0.39, 0.29) is 0 Å². The van der Waals surface area contributed by atoms with Crippen molar-refractivity contribution >= 4 is 20.3 Å². The summed E-state index contributed by atoms with van der Waals surface area (Å²) in [5, 5.41) is 0. The average Bonchev–Trinajstić information content (AvgIpc) is 2.51. The molecule has 0 unspecified atom stereocenters. The van der Waals surface area contributed by atoms with Crippen molar-refractivity contribution in [1.29, 1.82) is 0 Å². The first-order chi connectivity index (χ1) is 7.17. The summed E-state index contributed by atoms with van der Waals surface area (Å²) in [4.78, 5) is 5.62. The smallest absolute Gasteiger partial charge is 0.286 e. The van der Waals surface area contributed by atoms with Crippen molar-refractivity contribution in [2.24, 2.45) is 4.52 Å². The Balaban J connectivity index is 0.000000385. The van der Waals surface area contributed by atoms with Crippen molar-refractivity contribution in [2.75, 3.05) is 6.26 Å². The number of rotatable bonds is 2. The maximum absolute atomic E-state index is 10.8. The zero-order chi connectivity index (χ0) is 12.8. The summed E-state index contributed by atoms with van der Waals surface area (Å²) < 4.78 is 50.7. The van der Waals surface area contributed by atoms with Crippen LogP contribution in [-0.4, -0.2) is 36.6 Å². The van der Waals surface area contributed by atoms with Crippen molar-refractivity contribution in [3.8, 4) is 0 Å². The van der Waals surface area contributed by atoms with Crippen molar-refractivity contribution in [2.45, 2.75) is 0 Å². The monoisotopic (exact) mass is 269 g/mol. The molecule has 90 valence electrons. The van der Waals surface area contributed by atoms with E-state index >= 15 is 0 Å². The van der Waals surface area contributed by atoms with E-state index in [1.165, 1.54) is 12.4 Å². The van der Waals surface area contributed by atoms with Crippen LogP contribution in [0.4, 0.5) is 0 Å². The summed E-state index contributed by atoms with van der Waals surface area (Å²) in [7, 11) is -7.57. The van der Waals surface area contributed by atoms with E-state index in [9.17, 15) is 16.8 Å². The maximum Gasteiger partial charge on any atom is 0.329 e. The van der Waals surface area contributed by atoms with Gasteiger partial charge in [0.1, 0.15) is 6.33 Å². The van der Waals surface area contributed by atoms with Crippen LogP contribution in [0, 0.1) is 0 Å². The Hall–Kier alpha value is -1.62. The second kappa shape index (κ2) is 5.46. The number of hydrogen-bond donors (Lipinski definition) is 1. The second-order valence-corrected chi connectivity index (χ2v) is 5.22. The Morgan fingerprint density at radius 2 is 1.94 bits per heavy atom. The lowest BCUT2D eigenvalue weighted by Gasteiger charge is -1.92. The normalized spacial score (nSPS) is 10.9. The first-order valence-corrected chi connectivity index (χ1v) is 6.63. The van der Waals surface area contributed by atoms with E-state index in [0.29, 0.717) is 10.2 Å². The van der Waals surface area contributed by atoms with E-state index in [4.69, 9.17) is 10.1 Å². The molecule has 0 aliphatic carbocycles. The molecule has 0 atom stereocenters. The Bertz CT molecular complexity index is 558. The molecule has 0 fully saturated rings. The van der Waals surface area contributed by atoms with Gasteiger partial charge in [-0.25, -0.2) is 8.96 Å². The van der Waals surface area contributed by atoms with Gasteiger partial charge in [0.2, 0.25) is 0 Å². The summed E-state index contributed by atoms with van der Waals surface area (Å²) in [6.07, 6.45) is 4.19. The number of hydrogen-bond acceptors (Lipinski definition) is 5. The molecule has 1 aromatic rings. The Morgan fingerprint density at radius 3 is 2.25 bits per heavy atom. The molecule has 1 heterocycles. The third-order valence-corrected chi connectivity index (χ3v) is 1.91. The number of aromatic nitrogens is 2. The first kappa shape index (κ1) is 14.4. The Labute approximate surface area is 91.1 Å². The topological polar surface area (TPSA) is 155 Å². The third-order valence-electron chi connectivity index (χ3n) is 0.886. The summed E-state index contributed by atoms with van der Waals surface area (Å²) in [6, 6.07) is 0. The second-order valence-electron chi connectivity index (χ2n) is 2.27. The molecular formula is C4H7N5O5S2. The first-order valence-electron chi connectivity index (χ1n) is 3.39. The summed E-state index contributed by atoms with van der Waals surface area (Å²) >= 11 is 0. The van der Waals surface area contributed by atoms with Gasteiger partial charge in [0, 0.05) is 17.3 Å². The molecule has 0 bridgehead atoms. The van der Waals surface area contributed by atoms with Gasteiger partial charge in [0.15, 0.2) is 0 Å². The summed E-state index contributed by atoms with van der Waals surface area (Å²) in [5.74, 6) is 0. The van der Waals surface area contributed by atoms with Crippen LogP contribution in [0.15, 0.2) is 23.2 Å². The fourth-order valence-electron chi connectivity index (χ4n) is 0.472. The van der Waals surface area contributed by atoms with Crippen LogP contribution >= 0.6 is 0 Å². The van der Waals surface area contributed by atoms with Gasteiger partial charge >= 0.3 is 10.2 Å². The Morgan fingerprint density at radius 1 is 1.44 bits per heavy atom. The summed E-state index contributed by atoms with van der Waals surface area (Å²) in [6.45, 7) is 0. The van der Waals surface area contributed by atoms with Gasteiger partial charge in [-0.2, -0.15) is 16.8 Å². The van der Waals surface area contributed by atoms with Gasteiger partial charge in [0.25, 0.3) is 10.1 Å². The van der Waals surface area contributed by atoms with Crippen LogP contribution in [0.3, 0.4) is 0 Å². The average molecular weight is 269 g/mol. The minimum absolute atomic E-state index is 0.715. The molecule has 12 heteroatoms. The summed E-state index contributed by atoms with van der Waals surface area (Å²) in [5.41, 5.74) is 7.85. The van der Waals surface area contributed by atoms with Gasteiger partial charge in [-0.3, -0.25) is 4.55 Å². The molecule has 0 aromatic carbocycles. The highest BCUT2D eigenvalue weighted by Gasteiger charge is 2.07. The van der Waals surface area contributed by atoms with Crippen LogP contribution in [0.1, 0.15) is 0 Å². The largest absolute Gasteiger partial charge is 0.329 e. The van der Waals surface area contributed by atoms with Gasteiger partial charge < -0.3 is 0 Å². The van der Waals surface area contributed by atoms with Crippen LogP contribution in [0.2, 0.25) is 0 Å². The minimum atomic E-state index is -3.90. The highest BCUT2D eigenvalue weighted by Crippen LogP contribution is 1.97. The van der Waals surface area contributed by atoms with Crippen molar-refractivity contribution in [3.63, 3.8) is 0 Å². The van der Waals surface area contributed by atoms with E-state index in [0.717, 1.165) is 6.33 Å². The molecule has 0 radical (unpaired) electrons. The van der Waals surface area contributed by atoms with Gasteiger partial charge in [0.05, 0.1) is 10.8 Å². The highest BCUT2D eigenvalue weighted by atomic mass is 32.2. The van der Waals surface area contributed by atoms with E-state index in [1.54, 1.807) is 0 Å². The number of nitrogens with zero attached hydrogens (tertiary/aromatic N) is 5. The lowest BCUT2D eigenvalue weighted by atomic mass is 11.0. The quantitative estimate of drug-likeness (QED) is 0.339. The van der Waals surface area contributed by atoms with Crippen molar-refractivity contribution in [3.05, 3.63) is 29.2 Å². The lowest BCUT2D eigenvalue weighted by molar-refractivity contribution is 0.490. The van der Waals surface area contributed by atoms with Crippen LogP contribution < -0.4 is 0 Å². The fourth-order valence-corrected chi connectivity index (χ4v) is 1.03. The molecule has 0 saturated carbocycles. The minimum Gasteiger partial charge on any atom is -0.286 e. The number of azide groups is 1. The van der Waals surface area contributed by atoms with E-state index in [1.807, 2.05) is 0 Å². The molecule has 16 heavy (non-hydrogen) atoms. The zero-order valence-corrected chi connectivity index (χ0v) is 9.50. The predicted molar refractivity (Wildman–Crippen MR) is 53.2 cm³/mol. The molecule has 10 nitrogen and oxygen atoms in total. The van der Waals surface area contributed by atoms with E-state index < -0.39 is 20.3 Å². The SMILES string of the molecule is CS(=O)(=O)O.[N-]=[N+]=NS(=O)(=O)n1ccnc1. The van der Waals surface area contributed by atoms with Gasteiger partial charge in [-0.05, 0) is 5.53 Å². The van der Waals surface area contributed by atoms with E-state index in [2.05, 4.69) is 14.4 Å². The molecular weight excluding hydrogens is 262 g/mol. The molecule has 0 amide bonds. The number of imidazole rings is 1. The maximum atomic E-state index is 10.8. The predicted octanol–water partition coefficient (Wildman–Crippen LogP) is -0.210.